The molecule has 1 aromatic heterocycles. The fourth-order valence-electron chi connectivity index (χ4n) is 2.07. The Bertz CT molecular complexity index is 644. The van der Waals surface area contributed by atoms with Crippen LogP contribution in [0.15, 0.2) is 41.0 Å². The topological polar surface area (TPSA) is 62.2 Å². The van der Waals surface area contributed by atoms with Crippen molar-refractivity contribution in [2.75, 3.05) is 5.32 Å². The van der Waals surface area contributed by atoms with E-state index >= 15 is 0 Å². The van der Waals surface area contributed by atoms with E-state index in [0.717, 1.165) is 11.1 Å². The lowest BCUT2D eigenvalue weighted by Gasteiger charge is -2.18. The molecule has 0 amide bonds. The van der Waals surface area contributed by atoms with E-state index in [-0.39, 0.29) is 11.6 Å². The maximum absolute atomic E-state index is 11.3. The molecule has 0 radical (unpaired) electrons. The standard InChI is InChI=1S/C15H15BrN2O2/c1-9-5-3-4-6-12(9)10(2)18-14-13(15(19)20)7-11(16)8-17-14/h3-8,10H,1-2H3,(H,17,18)(H,19,20). The average Bonchev–Trinajstić information content (AvgIpc) is 2.41. The molecular formula is C15H15BrN2O2. The van der Waals surface area contributed by atoms with E-state index in [9.17, 15) is 9.90 Å². The van der Waals surface area contributed by atoms with Gasteiger partial charge in [-0.2, -0.15) is 0 Å². The molecule has 20 heavy (non-hydrogen) atoms. The highest BCUT2D eigenvalue weighted by Gasteiger charge is 2.15. The smallest absolute Gasteiger partial charge is 0.339 e. The Labute approximate surface area is 126 Å². The van der Waals surface area contributed by atoms with Crippen LogP contribution in [0.3, 0.4) is 0 Å². The molecule has 0 saturated heterocycles. The molecule has 0 aliphatic carbocycles. The fraction of sp³-hybridized carbons (Fsp3) is 0.200. The van der Waals surface area contributed by atoms with Crippen molar-refractivity contribution in [3.8, 4) is 0 Å². The number of aromatic nitrogens is 1. The predicted molar refractivity (Wildman–Crippen MR) is 82.1 cm³/mol. The van der Waals surface area contributed by atoms with Crippen LogP contribution in [0.2, 0.25) is 0 Å². The number of aromatic carboxylic acids is 1. The van der Waals surface area contributed by atoms with Crippen molar-refractivity contribution in [1.29, 1.82) is 0 Å². The zero-order chi connectivity index (χ0) is 14.7. The number of pyridine rings is 1. The molecule has 0 saturated carbocycles. The highest BCUT2D eigenvalue weighted by molar-refractivity contribution is 9.10. The van der Waals surface area contributed by atoms with Crippen LogP contribution in [0.1, 0.15) is 34.5 Å². The number of carboxylic acids is 1. The van der Waals surface area contributed by atoms with Crippen LogP contribution < -0.4 is 5.32 Å². The van der Waals surface area contributed by atoms with Gasteiger partial charge in [0.1, 0.15) is 11.4 Å². The van der Waals surface area contributed by atoms with Gasteiger partial charge in [0.2, 0.25) is 0 Å². The van der Waals surface area contributed by atoms with Crippen molar-refractivity contribution >= 4 is 27.7 Å². The van der Waals surface area contributed by atoms with E-state index in [1.54, 1.807) is 12.3 Å². The molecule has 5 heteroatoms. The third-order valence-electron chi connectivity index (χ3n) is 3.09. The zero-order valence-electron chi connectivity index (χ0n) is 11.2. The number of hydrogen-bond donors (Lipinski definition) is 2. The number of hydrogen-bond acceptors (Lipinski definition) is 3. The summed E-state index contributed by atoms with van der Waals surface area (Å²) in [6, 6.07) is 9.51. The number of anilines is 1. The summed E-state index contributed by atoms with van der Waals surface area (Å²) in [4.78, 5) is 15.4. The number of benzene rings is 1. The van der Waals surface area contributed by atoms with Crippen LogP contribution in [-0.4, -0.2) is 16.1 Å². The lowest BCUT2D eigenvalue weighted by Crippen LogP contribution is -2.13. The molecule has 0 spiro atoms. The molecule has 0 bridgehead atoms. The normalized spacial score (nSPS) is 11.9. The van der Waals surface area contributed by atoms with Gasteiger partial charge in [-0.05, 0) is 47.0 Å². The van der Waals surface area contributed by atoms with Crippen LogP contribution in [0.25, 0.3) is 0 Å². The quantitative estimate of drug-likeness (QED) is 0.886. The largest absolute Gasteiger partial charge is 0.478 e. The maximum Gasteiger partial charge on any atom is 0.339 e. The number of nitrogens with one attached hydrogen (secondary N) is 1. The number of nitrogens with zero attached hydrogens (tertiary/aromatic N) is 1. The third kappa shape index (κ3) is 3.17. The van der Waals surface area contributed by atoms with E-state index < -0.39 is 5.97 Å². The SMILES string of the molecule is Cc1ccccc1C(C)Nc1ncc(Br)cc1C(=O)O. The van der Waals surface area contributed by atoms with Crippen molar-refractivity contribution < 1.29 is 9.90 Å². The third-order valence-corrected chi connectivity index (χ3v) is 3.53. The van der Waals surface area contributed by atoms with Crippen LogP contribution in [-0.2, 0) is 0 Å². The van der Waals surface area contributed by atoms with Gasteiger partial charge in [0.05, 0.1) is 6.04 Å². The van der Waals surface area contributed by atoms with E-state index in [1.807, 2.05) is 38.1 Å². The van der Waals surface area contributed by atoms with Gasteiger partial charge < -0.3 is 10.4 Å². The molecule has 1 aromatic carbocycles. The summed E-state index contributed by atoms with van der Waals surface area (Å²) in [5.41, 5.74) is 2.43. The first-order chi connectivity index (χ1) is 9.49. The van der Waals surface area contributed by atoms with Gasteiger partial charge in [0.25, 0.3) is 0 Å². The Morgan fingerprint density at radius 2 is 2.10 bits per heavy atom. The molecule has 0 aliphatic heterocycles. The van der Waals surface area contributed by atoms with E-state index in [0.29, 0.717) is 10.3 Å². The second kappa shape index (κ2) is 6.05. The van der Waals surface area contributed by atoms with Gasteiger partial charge in [0, 0.05) is 10.7 Å². The Balaban J connectivity index is 2.31. The highest BCUT2D eigenvalue weighted by Crippen LogP contribution is 2.24. The van der Waals surface area contributed by atoms with Crippen molar-refractivity contribution in [2.45, 2.75) is 19.9 Å². The maximum atomic E-state index is 11.3. The van der Waals surface area contributed by atoms with Crippen LogP contribution >= 0.6 is 15.9 Å². The second-order valence-electron chi connectivity index (χ2n) is 4.58. The summed E-state index contributed by atoms with van der Waals surface area (Å²) < 4.78 is 0.643. The van der Waals surface area contributed by atoms with Crippen molar-refractivity contribution in [1.82, 2.24) is 4.98 Å². The first-order valence-corrected chi connectivity index (χ1v) is 6.99. The summed E-state index contributed by atoms with van der Waals surface area (Å²) in [6.45, 7) is 4.01. The molecule has 0 fully saturated rings. The lowest BCUT2D eigenvalue weighted by atomic mass is 10.0. The minimum Gasteiger partial charge on any atom is -0.478 e. The Morgan fingerprint density at radius 1 is 1.40 bits per heavy atom. The van der Waals surface area contributed by atoms with Gasteiger partial charge in [0.15, 0.2) is 0 Å². The van der Waals surface area contributed by atoms with Crippen molar-refractivity contribution in [3.63, 3.8) is 0 Å². The van der Waals surface area contributed by atoms with Gasteiger partial charge in [-0.25, -0.2) is 9.78 Å². The summed E-state index contributed by atoms with van der Waals surface area (Å²) >= 11 is 3.23. The lowest BCUT2D eigenvalue weighted by molar-refractivity contribution is 0.0697. The van der Waals surface area contributed by atoms with Crippen molar-refractivity contribution in [3.05, 3.63) is 57.7 Å². The Morgan fingerprint density at radius 3 is 2.75 bits per heavy atom. The minimum absolute atomic E-state index is 0.0250. The van der Waals surface area contributed by atoms with Crippen LogP contribution in [0, 0.1) is 6.92 Å². The van der Waals surface area contributed by atoms with Gasteiger partial charge >= 0.3 is 5.97 Å². The number of halogens is 1. The van der Waals surface area contributed by atoms with E-state index in [2.05, 4.69) is 26.2 Å². The molecule has 1 unspecified atom stereocenters. The van der Waals surface area contributed by atoms with E-state index in [1.165, 1.54) is 0 Å². The summed E-state index contributed by atoms with van der Waals surface area (Å²) in [6.07, 6.45) is 1.58. The number of rotatable bonds is 4. The predicted octanol–water partition coefficient (Wildman–Crippen LogP) is 4.02. The van der Waals surface area contributed by atoms with Gasteiger partial charge in [-0.15, -0.1) is 0 Å². The van der Waals surface area contributed by atoms with Crippen LogP contribution in [0.5, 0.6) is 0 Å². The molecule has 0 aliphatic rings. The molecule has 2 N–H and O–H groups in total. The molecule has 1 heterocycles. The van der Waals surface area contributed by atoms with Crippen LogP contribution in [0.4, 0.5) is 5.82 Å². The molecule has 4 nitrogen and oxygen atoms in total. The zero-order valence-corrected chi connectivity index (χ0v) is 12.8. The summed E-state index contributed by atoms with van der Waals surface area (Å²) in [7, 11) is 0. The molecule has 2 rings (SSSR count). The first-order valence-electron chi connectivity index (χ1n) is 6.20. The average molecular weight is 335 g/mol. The minimum atomic E-state index is -1.00. The monoisotopic (exact) mass is 334 g/mol. The molecule has 2 aromatic rings. The Hall–Kier alpha value is -1.88. The van der Waals surface area contributed by atoms with Gasteiger partial charge in [-0.1, -0.05) is 24.3 Å². The number of aryl methyl sites for hydroxylation is 1. The second-order valence-corrected chi connectivity index (χ2v) is 5.49. The molecular weight excluding hydrogens is 320 g/mol. The summed E-state index contributed by atoms with van der Waals surface area (Å²) in [5.74, 6) is -0.630. The van der Waals surface area contributed by atoms with Crippen molar-refractivity contribution in [2.24, 2.45) is 0 Å². The summed E-state index contributed by atoms with van der Waals surface area (Å²) in [5, 5.41) is 12.4. The Kier molecular flexibility index (Phi) is 4.39. The fourth-order valence-corrected chi connectivity index (χ4v) is 2.40. The van der Waals surface area contributed by atoms with E-state index in [4.69, 9.17) is 0 Å². The highest BCUT2D eigenvalue weighted by atomic mass is 79.9. The number of carbonyl (C=O) groups is 1. The molecule has 1 atom stereocenters. The van der Waals surface area contributed by atoms with Gasteiger partial charge in [-0.3, -0.25) is 0 Å². The first kappa shape index (κ1) is 14.5. The number of carboxylic acid groups (broad SMARTS) is 1. The molecule has 104 valence electrons.